The number of nitrogens with one attached hydrogen (secondary N) is 1. The summed E-state index contributed by atoms with van der Waals surface area (Å²) in [7, 11) is 0. The molecule has 1 N–H and O–H groups in total. The Morgan fingerprint density at radius 1 is 1.03 bits per heavy atom. The van der Waals surface area contributed by atoms with Crippen LogP contribution >= 0.6 is 0 Å². The summed E-state index contributed by atoms with van der Waals surface area (Å²) < 4.78 is 50.4. The molecule has 0 unspecified atom stereocenters. The average Bonchev–Trinajstić information content (AvgIpc) is 2.77. The molecule has 0 atom stereocenters. The number of alkyl halides is 3. The number of esters is 1. The zero-order chi connectivity index (χ0) is 23.0. The molecular weight excluding hydrogens is 429 g/mol. The molecule has 0 saturated carbocycles. The summed E-state index contributed by atoms with van der Waals surface area (Å²) in [5, 5.41) is 2.64. The van der Waals surface area contributed by atoms with Crippen molar-refractivity contribution in [1.82, 2.24) is 0 Å². The minimum absolute atomic E-state index is 0.369. The summed E-state index contributed by atoms with van der Waals surface area (Å²) in [4.78, 5) is 25.9. The second-order valence-corrected chi connectivity index (χ2v) is 6.75. The van der Waals surface area contributed by atoms with Gasteiger partial charge in [0.25, 0.3) is 5.91 Å². The van der Waals surface area contributed by atoms with Crippen molar-refractivity contribution < 1.29 is 37.0 Å². The van der Waals surface area contributed by atoms with Crippen LogP contribution in [0, 0.1) is 0 Å². The van der Waals surface area contributed by atoms with Crippen LogP contribution in [-0.4, -0.2) is 51.1 Å². The average molecular weight is 450 g/mol. The highest BCUT2D eigenvalue weighted by molar-refractivity contribution is 5.94. The molecule has 2 aromatic rings. The number of morpholine rings is 1. The van der Waals surface area contributed by atoms with E-state index >= 15 is 0 Å². The van der Waals surface area contributed by atoms with Gasteiger partial charge in [-0.25, -0.2) is 4.79 Å². The van der Waals surface area contributed by atoms with E-state index in [1.165, 1.54) is 18.2 Å². The number of halogens is 3. The molecule has 1 aliphatic heterocycles. The van der Waals surface area contributed by atoms with Gasteiger partial charge in [-0.05, 0) is 48.0 Å². The van der Waals surface area contributed by atoms with E-state index in [-0.39, 0.29) is 5.75 Å². The van der Waals surface area contributed by atoms with Gasteiger partial charge >= 0.3 is 12.3 Å². The first kappa shape index (κ1) is 23.1. The normalized spacial score (nSPS) is 14.3. The van der Waals surface area contributed by atoms with Crippen LogP contribution in [0.25, 0.3) is 6.08 Å². The Balaban J connectivity index is 1.42. The van der Waals surface area contributed by atoms with Gasteiger partial charge in [-0.1, -0.05) is 12.1 Å². The molecule has 1 saturated heterocycles. The lowest BCUT2D eigenvalue weighted by molar-refractivity contribution is -0.274. The molecule has 2 aromatic carbocycles. The number of nitrogens with zero attached hydrogens (tertiary/aromatic N) is 1. The van der Waals surface area contributed by atoms with Crippen LogP contribution < -0.4 is 15.0 Å². The van der Waals surface area contributed by atoms with Gasteiger partial charge in [-0.15, -0.1) is 13.2 Å². The van der Waals surface area contributed by atoms with Crippen LogP contribution in [0.15, 0.2) is 54.6 Å². The minimum atomic E-state index is -4.77. The minimum Gasteiger partial charge on any atom is -0.452 e. The van der Waals surface area contributed by atoms with E-state index in [0.29, 0.717) is 24.5 Å². The summed E-state index contributed by atoms with van der Waals surface area (Å²) in [6.45, 7) is 2.49. The van der Waals surface area contributed by atoms with Gasteiger partial charge in [-0.3, -0.25) is 4.79 Å². The summed E-state index contributed by atoms with van der Waals surface area (Å²) >= 11 is 0. The first-order valence-electron chi connectivity index (χ1n) is 9.72. The second kappa shape index (κ2) is 10.7. The molecule has 3 rings (SSSR count). The molecule has 1 aliphatic rings. The smallest absolute Gasteiger partial charge is 0.452 e. The first-order chi connectivity index (χ1) is 15.3. The molecule has 0 radical (unpaired) electrons. The number of carbonyl (C=O) groups excluding carboxylic acids is 2. The van der Waals surface area contributed by atoms with Crippen LogP contribution in [0.3, 0.4) is 0 Å². The number of carbonyl (C=O) groups is 2. The third-order valence-electron chi connectivity index (χ3n) is 4.40. The van der Waals surface area contributed by atoms with Gasteiger partial charge in [0.2, 0.25) is 0 Å². The number of hydrogen-bond acceptors (Lipinski definition) is 6. The van der Waals surface area contributed by atoms with Crippen molar-refractivity contribution >= 4 is 29.3 Å². The van der Waals surface area contributed by atoms with Crippen molar-refractivity contribution in [1.29, 1.82) is 0 Å². The fraction of sp³-hybridized carbons (Fsp3) is 0.273. The molecule has 1 fully saturated rings. The molecule has 1 amide bonds. The summed E-state index contributed by atoms with van der Waals surface area (Å²) in [6, 6.07) is 12.2. The highest BCUT2D eigenvalue weighted by Crippen LogP contribution is 2.23. The standard InChI is InChI=1S/C22H21F3N2O5/c23-22(24,25)32-19-8-1-16(2-9-19)3-10-21(29)31-15-20(28)26-17-4-6-18(7-5-17)27-11-13-30-14-12-27/h1-10H,11-15H2,(H,26,28)/b10-3+. The van der Waals surface area contributed by atoms with Gasteiger partial charge in [0.05, 0.1) is 13.2 Å². The molecule has 170 valence electrons. The van der Waals surface area contributed by atoms with Crippen LogP contribution in [-0.2, 0) is 19.1 Å². The zero-order valence-electron chi connectivity index (χ0n) is 16.9. The number of amides is 1. The lowest BCUT2D eigenvalue weighted by Gasteiger charge is -2.28. The van der Waals surface area contributed by atoms with E-state index < -0.39 is 24.8 Å². The molecule has 10 heteroatoms. The maximum absolute atomic E-state index is 12.1. The Morgan fingerprint density at radius 3 is 2.31 bits per heavy atom. The molecule has 1 heterocycles. The van der Waals surface area contributed by atoms with E-state index in [9.17, 15) is 22.8 Å². The SMILES string of the molecule is O=C(COC(=O)/C=C/c1ccc(OC(F)(F)F)cc1)Nc1ccc(N2CCOCC2)cc1. The van der Waals surface area contributed by atoms with E-state index in [0.717, 1.165) is 37.0 Å². The number of ether oxygens (including phenoxy) is 3. The van der Waals surface area contributed by atoms with E-state index in [1.807, 2.05) is 12.1 Å². The Kier molecular flexibility index (Phi) is 7.72. The number of hydrogen-bond donors (Lipinski definition) is 1. The number of rotatable bonds is 7. The predicted molar refractivity (Wildman–Crippen MR) is 111 cm³/mol. The largest absolute Gasteiger partial charge is 0.573 e. The number of anilines is 2. The van der Waals surface area contributed by atoms with Gasteiger partial charge in [-0.2, -0.15) is 0 Å². The van der Waals surface area contributed by atoms with Crippen molar-refractivity contribution in [3.63, 3.8) is 0 Å². The van der Waals surface area contributed by atoms with E-state index in [4.69, 9.17) is 9.47 Å². The Morgan fingerprint density at radius 2 is 1.69 bits per heavy atom. The topological polar surface area (TPSA) is 77.1 Å². The first-order valence-corrected chi connectivity index (χ1v) is 9.72. The van der Waals surface area contributed by atoms with Crippen LogP contribution in [0.5, 0.6) is 5.75 Å². The Bertz CT molecular complexity index is 938. The Labute approximate surface area is 182 Å². The van der Waals surface area contributed by atoms with E-state index in [2.05, 4.69) is 15.0 Å². The second-order valence-electron chi connectivity index (χ2n) is 6.75. The fourth-order valence-corrected chi connectivity index (χ4v) is 2.90. The van der Waals surface area contributed by atoms with E-state index in [1.54, 1.807) is 12.1 Å². The lowest BCUT2D eigenvalue weighted by atomic mass is 10.2. The molecule has 0 spiro atoms. The molecule has 0 bridgehead atoms. The van der Waals surface area contributed by atoms with Crippen molar-refractivity contribution in [2.24, 2.45) is 0 Å². The fourth-order valence-electron chi connectivity index (χ4n) is 2.90. The van der Waals surface area contributed by atoms with Crippen LogP contribution in [0.4, 0.5) is 24.5 Å². The van der Waals surface area contributed by atoms with Crippen molar-refractivity contribution in [2.45, 2.75) is 6.36 Å². The summed E-state index contributed by atoms with van der Waals surface area (Å²) in [6.07, 6.45) is -2.35. The molecule has 0 aromatic heterocycles. The monoisotopic (exact) mass is 450 g/mol. The molecular formula is C22H21F3N2O5. The Hall–Kier alpha value is -3.53. The predicted octanol–water partition coefficient (Wildman–Crippen LogP) is 3.62. The lowest BCUT2D eigenvalue weighted by Crippen LogP contribution is -2.36. The highest BCUT2D eigenvalue weighted by atomic mass is 19.4. The van der Waals surface area contributed by atoms with Crippen LogP contribution in [0.2, 0.25) is 0 Å². The van der Waals surface area contributed by atoms with Gasteiger partial charge in [0.1, 0.15) is 5.75 Å². The molecule has 32 heavy (non-hydrogen) atoms. The summed E-state index contributed by atoms with van der Waals surface area (Å²) in [5.74, 6) is -1.63. The third-order valence-corrected chi connectivity index (χ3v) is 4.40. The quantitative estimate of drug-likeness (QED) is 0.513. The zero-order valence-corrected chi connectivity index (χ0v) is 16.9. The van der Waals surface area contributed by atoms with Crippen molar-refractivity contribution in [3.05, 3.63) is 60.2 Å². The van der Waals surface area contributed by atoms with Gasteiger partial charge in [0, 0.05) is 30.5 Å². The van der Waals surface area contributed by atoms with Crippen molar-refractivity contribution in [3.8, 4) is 5.75 Å². The van der Waals surface area contributed by atoms with Crippen LogP contribution in [0.1, 0.15) is 5.56 Å². The highest BCUT2D eigenvalue weighted by Gasteiger charge is 2.30. The maximum atomic E-state index is 12.1. The maximum Gasteiger partial charge on any atom is 0.573 e. The van der Waals surface area contributed by atoms with Crippen molar-refractivity contribution in [2.75, 3.05) is 43.1 Å². The van der Waals surface area contributed by atoms with Gasteiger partial charge < -0.3 is 24.4 Å². The van der Waals surface area contributed by atoms with Gasteiger partial charge in [0.15, 0.2) is 6.61 Å². The third kappa shape index (κ3) is 7.62. The molecule has 7 nitrogen and oxygen atoms in total. The number of benzene rings is 2. The molecule has 0 aliphatic carbocycles. The summed E-state index contributed by atoms with van der Waals surface area (Å²) in [5.41, 5.74) is 2.06.